The number of nitro benzene ring substituents is 1. The van der Waals surface area contributed by atoms with Gasteiger partial charge in [0.2, 0.25) is 0 Å². The number of benzene rings is 3. The fraction of sp³-hybridized carbons (Fsp3) is 0.250. The highest BCUT2D eigenvalue weighted by atomic mass is 35.5. The number of nitrogens with two attached hydrogens (primary N) is 3. The van der Waals surface area contributed by atoms with E-state index in [9.17, 15) is 18.9 Å². The average Bonchev–Trinajstić information content (AvgIpc) is 2.81. The van der Waals surface area contributed by atoms with Gasteiger partial charge in [-0.3, -0.25) is 10.1 Å². The minimum atomic E-state index is -0.575. The number of anilines is 2. The van der Waals surface area contributed by atoms with Gasteiger partial charge in [0.15, 0.2) is 0 Å². The second-order valence-electron chi connectivity index (χ2n) is 6.96. The van der Waals surface area contributed by atoms with Crippen molar-refractivity contribution in [3.8, 4) is 0 Å². The van der Waals surface area contributed by atoms with Crippen molar-refractivity contribution in [1.29, 1.82) is 0 Å². The van der Waals surface area contributed by atoms with E-state index in [4.69, 9.17) is 23.1 Å². The van der Waals surface area contributed by atoms with E-state index < -0.39 is 16.6 Å². The van der Waals surface area contributed by atoms with Crippen LogP contribution in [0, 0.1) is 21.7 Å². The molecule has 7 N–H and O–H groups in total. The van der Waals surface area contributed by atoms with Gasteiger partial charge >= 0.3 is 0 Å². The maximum absolute atomic E-state index is 13.9. The van der Waals surface area contributed by atoms with Gasteiger partial charge in [0.25, 0.3) is 5.69 Å². The van der Waals surface area contributed by atoms with Crippen LogP contribution >= 0.6 is 11.6 Å². The molecule has 0 aromatic heterocycles. The molecule has 3 aromatic rings. The van der Waals surface area contributed by atoms with Crippen LogP contribution < -0.4 is 22.5 Å². The van der Waals surface area contributed by atoms with E-state index in [0.717, 1.165) is 18.1 Å². The first-order valence-electron chi connectivity index (χ1n) is 10.5. The minimum Gasteiger partial charge on any atom is -0.398 e. The molecule has 0 saturated heterocycles. The Bertz CT molecular complexity index is 1080. The van der Waals surface area contributed by atoms with Gasteiger partial charge in [-0.2, -0.15) is 0 Å². The van der Waals surface area contributed by atoms with Crippen molar-refractivity contribution >= 4 is 28.7 Å². The number of nitrogens with one attached hydrogen (secondary N) is 1. The van der Waals surface area contributed by atoms with Crippen molar-refractivity contribution in [1.82, 2.24) is 0 Å². The fourth-order valence-electron chi connectivity index (χ4n) is 2.93. The molecule has 0 heterocycles. The predicted octanol–water partition coefficient (Wildman–Crippen LogP) is 5.24. The zero-order chi connectivity index (χ0) is 25.7. The van der Waals surface area contributed by atoms with Crippen LogP contribution in [0.15, 0.2) is 54.6 Å². The third kappa shape index (κ3) is 8.58. The standard InChI is InChI=1S/C16H18F2N2.C7H7ClN2O2.CH5N/c1-2-7-20-16-12(9-13(17)10-14(16)18)8-11-5-3-4-6-15(11)19;8-7-3-6(10(11)12)2-1-5(7)4-9;1-2/h3-6,9-10,20H,2,7-8,19H2,1H3;1-3H,4,9H2;2H2,1H3. The van der Waals surface area contributed by atoms with Gasteiger partial charge < -0.3 is 22.5 Å². The van der Waals surface area contributed by atoms with Gasteiger partial charge in [0.1, 0.15) is 11.6 Å². The zero-order valence-electron chi connectivity index (χ0n) is 19.2. The molecular weight excluding hydrogens is 464 g/mol. The van der Waals surface area contributed by atoms with Crippen LogP contribution in [0.4, 0.5) is 25.8 Å². The molecule has 10 heteroatoms. The summed E-state index contributed by atoms with van der Waals surface area (Å²) in [6.07, 6.45) is 1.26. The molecule has 0 saturated carbocycles. The molecule has 0 aliphatic carbocycles. The number of nitrogens with zero attached hydrogens (tertiary/aromatic N) is 1. The van der Waals surface area contributed by atoms with Crippen molar-refractivity contribution in [3.05, 3.63) is 98.1 Å². The summed E-state index contributed by atoms with van der Waals surface area (Å²) in [7, 11) is 1.50. The lowest BCUT2D eigenvalue weighted by Crippen LogP contribution is -2.07. The summed E-state index contributed by atoms with van der Waals surface area (Å²) in [6, 6.07) is 13.8. The van der Waals surface area contributed by atoms with E-state index in [-0.39, 0.29) is 12.2 Å². The third-order valence-corrected chi connectivity index (χ3v) is 4.94. The summed E-state index contributed by atoms with van der Waals surface area (Å²) in [6.45, 7) is 2.92. The molecule has 3 rings (SSSR count). The number of rotatable bonds is 7. The van der Waals surface area contributed by atoms with Crippen LogP contribution in [0.2, 0.25) is 5.02 Å². The van der Waals surface area contributed by atoms with Gasteiger partial charge in [-0.1, -0.05) is 36.7 Å². The Labute approximate surface area is 203 Å². The van der Waals surface area contributed by atoms with E-state index in [1.165, 1.54) is 25.2 Å². The molecule has 0 aliphatic rings. The Hall–Kier alpha value is -3.27. The van der Waals surface area contributed by atoms with Crippen molar-refractivity contribution in [2.45, 2.75) is 26.3 Å². The molecule has 0 bridgehead atoms. The van der Waals surface area contributed by atoms with E-state index >= 15 is 0 Å². The Morgan fingerprint density at radius 2 is 1.71 bits per heavy atom. The van der Waals surface area contributed by atoms with Gasteiger partial charge in [-0.25, -0.2) is 8.78 Å². The van der Waals surface area contributed by atoms with Crippen molar-refractivity contribution in [2.75, 3.05) is 24.6 Å². The molecule has 34 heavy (non-hydrogen) atoms. The highest BCUT2D eigenvalue weighted by molar-refractivity contribution is 6.31. The lowest BCUT2D eigenvalue weighted by atomic mass is 10.0. The summed E-state index contributed by atoms with van der Waals surface area (Å²) in [4.78, 5) is 9.77. The summed E-state index contributed by atoms with van der Waals surface area (Å²) in [5.74, 6) is -1.14. The van der Waals surface area contributed by atoms with E-state index in [0.29, 0.717) is 40.5 Å². The van der Waals surface area contributed by atoms with Gasteiger partial charge in [-0.05, 0) is 48.4 Å². The summed E-state index contributed by atoms with van der Waals surface area (Å²) >= 11 is 5.69. The number of halogens is 3. The highest BCUT2D eigenvalue weighted by Crippen LogP contribution is 2.26. The Morgan fingerprint density at radius 3 is 2.26 bits per heavy atom. The number of hydrogen-bond acceptors (Lipinski definition) is 6. The molecule has 3 aromatic carbocycles. The van der Waals surface area contributed by atoms with Crippen LogP contribution in [0.5, 0.6) is 0 Å². The second-order valence-corrected chi connectivity index (χ2v) is 7.37. The topological polar surface area (TPSA) is 133 Å². The van der Waals surface area contributed by atoms with Crippen LogP contribution in [0.1, 0.15) is 30.0 Å². The summed E-state index contributed by atoms with van der Waals surface area (Å²) in [5.41, 5.74) is 18.8. The van der Waals surface area contributed by atoms with Crippen molar-refractivity contribution in [2.24, 2.45) is 11.5 Å². The molecule has 0 aliphatic heterocycles. The van der Waals surface area contributed by atoms with Crippen molar-refractivity contribution in [3.63, 3.8) is 0 Å². The number of nitro groups is 1. The monoisotopic (exact) mass is 493 g/mol. The van der Waals surface area contributed by atoms with Gasteiger partial charge in [0, 0.05) is 43.4 Å². The van der Waals surface area contributed by atoms with Gasteiger partial charge in [0.05, 0.1) is 15.6 Å². The Balaban J connectivity index is 0.000000353. The first kappa shape index (κ1) is 28.8. The molecular formula is C24H30ClF2N5O2. The van der Waals surface area contributed by atoms with E-state index in [1.807, 2.05) is 25.1 Å². The zero-order valence-corrected chi connectivity index (χ0v) is 19.9. The molecule has 184 valence electrons. The van der Waals surface area contributed by atoms with Crippen LogP contribution in [0.3, 0.4) is 0 Å². The van der Waals surface area contributed by atoms with Crippen LogP contribution in [-0.2, 0) is 13.0 Å². The van der Waals surface area contributed by atoms with Crippen LogP contribution in [0.25, 0.3) is 0 Å². The number of para-hydroxylation sites is 1. The smallest absolute Gasteiger partial charge is 0.270 e. The maximum atomic E-state index is 13.9. The lowest BCUT2D eigenvalue weighted by Gasteiger charge is -2.14. The van der Waals surface area contributed by atoms with Crippen molar-refractivity contribution < 1.29 is 13.7 Å². The fourth-order valence-corrected chi connectivity index (χ4v) is 3.18. The molecule has 0 radical (unpaired) electrons. The normalized spacial score (nSPS) is 9.85. The first-order valence-corrected chi connectivity index (χ1v) is 10.9. The lowest BCUT2D eigenvalue weighted by molar-refractivity contribution is -0.384. The van der Waals surface area contributed by atoms with E-state index in [2.05, 4.69) is 11.1 Å². The molecule has 0 amide bonds. The molecule has 0 atom stereocenters. The molecule has 0 fully saturated rings. The number of non-ortho nitro benzene ring substituents is 1. The SMILES string of the molecule is CCCNc1c(F)cc(F)cc1Cc1ccccc1N.CN.NCc1ccc([N+](=O)[O-])cc1Cl. The number of hydrogen-bond donors (Lipinski definition) is 4. The minimum absolute atomic E-state index is 0.0165. The quantitative estimate of drug-likeness (QED) is 0.202. The first-order chi connectivity index (χ1) is 16.3. The highest BCUT2D eigenvalue weighted by Gasteiger charge is 2.12. The second kappa shape index (κ2) is 14.8. The van der Waals surface area contributed by atoms with Gasteiger partial charge in [-0.15, -0.1) is 0 Å². The largest absolute Gasteiger partial charge is 0.398 e. The molecule has 0 spiro atoms. The van der Waals surface area contributed by atoms with E-state index in [1.54, 1.807) is 12.1 Å². The molecule has 0 unspecified atom stereocenters. The van der Waals surface area contributed by atoms with Crippen LogP contribution in [-0.4, -0.2) is 18.5 Å². The predicted molar refractivity (Wildman–Crippen MR) is 135 cm³/mol. The Morgan fingerprint density at radius 1 is 1.03 bits per heavy atom. The third-order valence-electron chi connectivity index (χ3n) is 4.59. The average molecular weight is 494 g/mol. The number of nitrogen functional groups attached to an aromatic ring is 1. The Kier molecular flexibility index (Phi) is 12.5. The molecule has 7 nitrogen and oxygen atoms in total. The maximum Gasteiger partial charge on any atom is 0.270 e. The summed E-state index contributed by atoms with van der Waals surface area (Å²) < 4.78 is 27.3. The summed E-state index contributed by atoms with van der Waals surface area (Å²) in [5, 5.41) is 13.6.